The van der Waals surface area contributed by atoms with E-state index in [1.165, 1.54) is 12.1 Å². The van der Waals surface area contributed by atoms with Crippen LogP contribution >= 0.6 is 0 Å². The second-order valence-electron chi connectivity index (χ2n) is 7.51. The van der Waals surface area contributed by atoms with E-state index in [2.05, 4.69) is 0 Å². The highest BCUT2D eigenvalue weighted by Crippen LogP contribution is 2.19. The quantitative estimate of drug-likeness (QED) is 0.478. The summed E-state index contributed by atoms with van der Waals surface area (Å²) in [4.78, 5) is 48.3. The summed E-state index contributed by atoms with van der Waals surface area (Å²) in [6.07, 6.45) is 1.34. The molecule has 0 unspecified atom stereocenters. The smallest absolute Gasteiger partial charge is 0.339 e. The average Bonchev–Trinajstić information content (AvgIpc) is 2.70. The summed E-state index contributed by atoms with van der Waals surface area (Å²) in [6.45, 7) is 3.45. The van der Waals surface area contributed by atoms with Gasteiger partial charge in [0.1, 0.15) is 13.2 Å². The van der Waals surface area contributed by atoms with Crippen molar-refractivity contribution in [3.05, 3.63) is 35.4 Å². The second kappa shape index (κ2) is 10.6. The van der Waals surface area contributed by atoms with Crippen LogP contribution in [0.5, 0.6) is 0 Å². The first-order chi connectivity index (χ1) is 13.8. The van der Waals surface area contributed by atoms with Crippen LogP contribution in [0.3, 0.4) is 0 Å². The molecule has 0 saturated heterocycles. The Bertz CT molecular complexity index is 753. The summed E-state index contributed by atoms with van der Waals surface area (Å²) in [5.41, 5.74) is -0.473. The van der Waals surface area contributed by atoms with Crippen LogP contribution in [0.25, 0.3) is 0 Å². The predicted octanol–water partition coefficient (Wildman–Crippen LogP) is 2.69. The van der Waals surface area contributed by atoms with E-state index < -0.39 is 23.3 Å². The van der Waals surface area contributed by atoms with Crippen LogP contribution < -0.4 is 0 Å². The Hall–Kier alpha value is -2.90. The summed E-state index contributed by atoms with van der Waals surface area (Å²) in [5.74, 6) is -2.20. The molecule has 0 aromatic heterocycles. The van der Waals surface area contributed by atoms with E-state index in [1.54, 1.807) is 26.0 Å². The van der Waals surface area contributed by atoms with Crippen molar-refractivity contribution in [1.82, 2.24) is 0 Å². The zero-order valence-corrected chi connectivity index (χ0v) is 16.7. The minimum Gasteiger partial charge on any atom is -0.465 e. The Balaban J connectivity index is 2.12. The number of hydrogen-bond acceptors (Lipinski definition) is 8. The molecule has 0 fully saturated rings. The van der Waals surface area contributed by atoms with Crippen molar-refractivity contribution in [1.29, 1.82) is 0 Å². The van der Waals surface area contributed by atoms with Crippen molar-refractivity contribution in [3.63, 3.8) is 0 Å². The number of benzene rings is 1. The summed E-state index contributed by atoms with van der Waals surface area (Å²) in [5, 5.41) is 0. The van der Waals surface area contributed by atoms with Gasteiger partial charge in [-0.05, 0) is 25.0 Å². The molecular formula is C21H26O8. The maximum Gasteiger partial charge on any atom is 0.339 e. The third-order valence-electron chi connectivity index (χ3n) is 4.18. The van der Waals surface area contributed by atoms with Crippen LogP contribution in [0.4, 0.5) is 0 Å². The molecule has 158 valence electrons. The standard InChI is InChI=1S/C21H26O8/c1-21(2)13-28-18(23)10-6-5-9-17(22)26-11-12-27-19(24)15-7-3-4-8-16(15)20(25)29-14-21/h3-4,7-8H,5-6,9-14H2,1-2H3. The summed E-state index contributed by atoms with van der Waals surface area (Å²) < 4.78 is 20.7. The summed E-state index contributed by atoms with van der Waals surface area (Å²) in [6, 6.07) is 6.14. The van der Waals surface area contributed by atoms with Gasteiger partial charge >= 0.3 is 23.9 Å². The number of hydrogen-bond donors (Lipinski definition) is 0. The van der Waals surface area contributed by atoms with Crippen molar-refractivity contribution >= 4 is 23.9 Å². The van der Waals surface area contributed by atoms with E-state index in [9.17, 15) is 19.2 Å². The van der Waals surface area contributed by atoms with Gasteiger partial charge in [0.15, 0.2) is 0 Å². The molecule has 0 amide bonds. The molecule has 8 nitrogen and oxygen atoms in total. The first-order valence-corrected chi connectivity index (χ1v) is 9.53. The zero-order valence-electron chi connectivity index (χ0n) is 16.7. The number of cyclic esters (lactones) is 4. The number of rotatable bonds is 0. The SMILES string of the molecule is CC1(C)COC(=O)CCCCC(=O)OCCOC(=O)c2ccccc2C(=O)OC1. The number of carbonyl (C=O) groups excluding carboxylic acids is 4. The molecule has 0 N–H and O–H groups in total. The molecule has 0 bridgehead atoms. The number of carbonyl (C=O) groups is 4. The van der Waals surface area contributed by atoms with Crippen molar-refractivity contribution in [2.45, 2.75) is 39.5 Å². The lowest BCUT2D eigenvalue weighted by Crippen LogP contribution is -2.29. The van der Waals surface area contributed by atoms with Gasteiger partial charge in [-0.25, -0.2) is 9.59 Å². The van der Waals surface area contributed by atoms with Crippen molar-refractivity contribution in [2.75, 3.05) is 26.4 Å². The Morgan fingerprint density at radius 3 is 1.79 bits per heavy atom. The molecule has 0 atom stereocenters. The van der Waals surface area contributed by atoms with Crippen molar-refractivity contribution in [3.8, 4) is 0 Å². The number of fused-ring (bicyclic) bond motifs is 1. The molecule has 0 saturated carbocycles. The van der Waals surface area contributed by atoms with E-state index in [1.807, 2.05) is 0 Å². The Morgan fingerprint density at radius 1 is 0.690 bits per heavy atom. The monoisotopic (exact) mass is 406 g/mol. The molecule has 8 heteroatoms. The normalized spacial score (nSPS) is 19.9. The largest absolute Gasteiger partial charge is 0.465 e. The molecular weight excluding hydrogens is 380 g/mol. The van der Waals surface area contributed by atoms with E-state index >= 15 is 0 Å². The van der Waals surface area contributed by atoms with Gasteiger partial charge in [-0.2, -0.15) is 0 Å². The Labute approximate surface area is 169 Å². The minimum absolute atomic E-state index is 0.00480. The zero-order chi connectivity index (χ0) is 21.3. The highest BCUT2D eigenvalue weighted by molar-refractivity contribution is 6.03. The molecule has 2 rings (SSSR count). The molecule has 1 aromatic carbocycles. The third-order valence-corrected chi connectivity index (χ3v) is 4.18. The van der Waals surface area contributed by atoms with Gasteiger partial charge in [0, 0.05) is 18.3 Å². The topological polar surface area (TPSA) is 105 Å². The van der Waals surface area contributed by atoms with Crippen LogP contribution in [0.15, 0.2) is 24.3 Å². The van der Waals surface area contributed by atoms with Crippen molar-refractivity contribution < 1.29 is 38.1 Å². The van der Waals surface area contributed by atoms with E-state index in [0.717, 1.165) is 0 Å². The van der Waals surface area contributed by atoms with Gasteiger partial charge in [0.2, 0.25) is 0 Å². The second-order valence-corrected chi connectivity index (χ2v) is 7.51. The Morgan fingerprint density at radius 2 is 1.17 bits per heavy atom. The van der Waals surface area contributed by atoms with Gasteiger partial charge < -0.3 is 18.9 Å². The highest BCUT2D eigenvalue weighted by atomic mass is 16.6. The fourth-order valence-electron chi connectivity index (χ4n) is 2.55. The molecule has 29 heavy (non-hydrogen) atoms. The number of ether oxygens (including phenoxy) is 4. The fourth-order valence-corrected chi connectivity index (χ4v) is 2.55. The maximum absolute atomic E-state index is 12.5. The summed E-state index contributed by atoms with van der Waals surface area (Å²) >= 11 is 0. The van der Waals surface area contributed by atoms with E-state index in [0.29, 0.717) is 12.8 Å². The molecule has 1 aliphatic heterocycles. The maximum atomic E-state index is 12.5. The lowest BCUT2D eigenvalue weighted by Gasteiger charge is -2.24. The summed E-state index contributed by atoms with van der Waals surface area (Å²) in [7, 11) is 0. The molecule has 0 spiro atoms. The van der Waals surface area contributed by atoms with Crippen LogP contribution in [0.2, 0.25) is 0 Å². The van der Waals surface area contributed by atoms with E-state index in [4.69, 9.17) is 18.9 Å². The van der Waals surface area contributed by atoms with Gasteiger partial charge in [0.25, 0.3) is 0 Å². The first kappa shape index (κ1) is 22.4. The fraction of sp³-hybridized carbons (Fsp3) is 0.524. The molecule has 1 aliphatic rings. The van der Waals surface area contributed by atoms with Crippen LogP contribution in [-0.4, -0.2) is 50.3 Å². The first-order valence-electron chi connectivity index (χ1n) is 9.53. The van der Waals surface area contributed by atoms with Crippen LogP contribution in [0.1, 0.15) is 60.2 Å². The predicted molar refractivity (Wildman–Crippen MR) is 101 cm³/mol. The molecule has 1 heterocycles. The van der Waals surface area contributed by atoms with Gasteiger partial charge in [-0.3, -0.25) is 9.59 Å². The highest BCUT2D eigenvalue weighted by Gasteiger charge is 2.25. The van der Waals surface area contributed by atoms with Gasteiger partial charge in [0.05, 0.1) is 24.3 Å². The van der Waals surface area contributed by atoms with Gasteiger partial charge in [-0.15, -0.1) is 0 Å². The molecule has 0 radical (unpaired) electrons. The molecule has 1 aromatic rings. The third kappa shape index (κ3) is 7.56. The Kier molecular flexibility index (Phi) is 8.18. The lowest BCUT2D eigenvalue weighted by atomic mass is 9.96. The van der Waals surface area contributed by atoms with Crippen molar-refractivity contribution in [2.24, 2.45) is 5.41 Å². The minimum atomic E-state index is -0.709. The average molecular weight is 406 g/mol. The lowest BCUT2D eigenvalue weighted by molar-refractivity contribution is -0.148. The van der Waals surface area contributed by atoms with Crippen LogP contribution in [0, 0.1) is 5.41 Å². The number of esters is 4. The van der Waals surface area contributed by atoms with E-state index in [-0.39, 0.29) is 56.4 Å². The van der Waals surface area contributed by atoms with Gasteiger partial charge in [-0.1, -0.05) is 26.0 Å². The molecule has 0 aliphatic carbocycles. The van der Waals surface area contributed by atoms with Crippen LogP contribution in [-0.2, 0) is 28.5 Å².